The van der Waals surface area contributed by atoms with Crippen molar-refractivity contribution < 1.29 is 22.5 Å². The summed E-state index contributed by atoms with van der Waals surface area (Å²) in [4.78, 5) is 11.9. The normalized spacial score (nSPS) is 19.6. The molecule has 1 rings (SSSR count). The Balaban J connectivity index is 2.62. The fraction of sp³-hybridized carbons (Fsp3) is 0.778. The molecule has 1 fully saturated rings. The topological polar surface area (TPSA) is 108 Å². The summed E-state index contributed by atoms with van der Waals surface area (Å²) in [7, 11) is -3.58. The van der Waals surface area contributed by atoms with E-state index in [1.807, 2.05) is 6.07 Å². The van der Waals surface area contributed by atoms with Gasteiger partial charge in [0, 0.05) is 13.1 Å². The van der Waals surface area contributed by atoms with Gasteiger partial charge in [0.05, 0.1) is 24.3 Å². The van der Waals surface area contributed by atoms with Crippen LogP contribution in [0, 0.1) is 16.7 Å². The Bertz CT molecular complexity index is 431. The lowest BCUT2D eigenvalue weighted by atomic mass is 9.81. The number of nitriles is 1. The molecule has 0 atom stereocenters. The molecule has 0 radical (unpaired) electrons. The summed E-state index contributed by atoms with van der Waals surface area (Å²) in [6, 6.07) is 2.04. The van der Waals surface area contributed by atoms with Gasteiger partial charge in [-0.3, -0.25) is 4.18 Å². The van der Waals surface area contributed by atoms with Crippen molar-refractivity contribution in [2.75, 3.05) is 26.0 Å². The third-order valence-electron chi connectivity index (χ3n) is 2.78. The minimum atomic E-state index is -3.58. The molecule has 8 heteroatoms. The van der Waals surface area contributed by atoms with Gasteiger partial charge < -0.3 is 10.0 Å². The molecule has 1 amide bonds. The summed E-state index contributed by atoms with van der Waals surface area (Å²) in [6.07, 6.45) is 0.460. The van der Waals surface area contributed by atoms with Gasteiger partial charge in [0.1, 0.15) is 0 Å². The van der Waals surface area contributed by atoms with Crippen LogP contribution < -0.4 is 0 Å². The predicted octanol–water partition coefficient (Wildman–Crippen LogP) is 0.246. The number of carboxylic acid groups (broad SMARTS) is 1. The average Bonchev–Trinajstić information content (AvgIpc) is 2.26. The maximum atomic E-state index is 10.9. The highest BCUT2D eigenvalue weighted by molar-refractivity contribution is 7.85. The molecular weight excluding hydrogens is 248 g/mol. The summed E-state index contributed by atoms with van der Waals surface area (Å²) in [5, 5.41) is 17.8. The molecule has 0 unspecified atom stereocenters. The van der Waals surface area contributed by atoms with Crippen molar-refractivity contribution in [3.05, 3.63) is 0 Å². The standard InChI is InChI=1S/C9H14N2O5S/c1-17(14,15)16-7-9(6-10)2-4-11(5-3-9)8(12)13/h2-5,7H2,1H3,(H,12,13). The van der Waals surface area contributed by atoms with Crippen LogP contribution in [0.15, 0.2) is 0 Å². The van der Waals surface area contributed by atoms with Gasteiger partial charge in [-0.2, -0.15) is 13.7 Å². The van der Waals surface area contributed by atoms with Crippen LogP contribution in [0.4, 0.5) is 4.79 Å². The molecule has 1 saturated heterocycles. The Kier molecular flexibility index (Phi) is 3.95. The smallest absolute Gasteiger partial charge is 0.407 e. The van der Waals surface area contributed by atoms with Gasteiger partial charge in [-0.1, -0.05) is 0 Å². The van der Waals surface area contributed by atoms with Gasteiger partial charge in [0.15, 0.2) is 0 Å². The van der Waals surface area contributed by atoms with E-state index >= 15 is 0 Å². The van der Waals surface area contributed by atoms with E-state index in [9.17, 15) is 13.2 Å². The first-order valence-corrected chi connectivity index (χ1v) is 6.83. The highest BCUT2D eigenvalue weighted by Gasteiger charge is 2.37. The zero-order valence-corrected chi connectivity index (χ0v) is 10.2. The molecular formula is C9H14N2O5S. The summed E-state index contributed by atoms with van der Waals surface area (Å²) >= 11 is 0. The van der Waals surface area contributed by atoms with Gasteiger partial charge in [-0.15, -0.1) is 0 Å². The first kappa shape index (κ1) is 13.7. The predicted molar refractivity (Wildman–Crippen MR) is 57.7 cm³/mol. The zero-order chi connectivity index (χ0) is 13.1. The Labute approximate surface area is 99.7 Å². The number of nitrogens with zero attached hydrogens (tertiary/aromatic N) is 2. The van der Waals surface area contributed by atoms with E-state index in [0.717, 1.165) is 6.26 Å². The van der Waals surface area contributed by atoms with Crippen molar-refractivity contribution in [2.24, 2.45) is 5.41 Å². The van der Waals surface area contributed by atoms with Crippen LogP contribution in [0.2, 0.25) is 0 Å². The molecule has 0 bridgehead atoms. The molecule has 1 aliphatic rings. The summed E-state index contributed by atoms with van der Waals surface area (Å²) < 4.78 is 26.4. The number of carbonyl (C=O) groups is 1. The molecule has 0 aromatic rings. The number of hydrogen-bond acceptors (Lipinski definition) is 5. The van der Waals surface area contributed by atoms with Crippen LogP contribution in [0.5, 0.6) is 0 Å². The fourth-order valence-electron chi connectivity index (χ4n) is 1.63. The molecule has 1 heterocycles. The first-order chi connectivity index (χ1) is 7.78. The Morgan fingerprint density at radius 1 is 1.53 bits per heavy atom. The van der Waals surface area contributed by atoms with E-state index in [0.29, 0.717) is 0 Å². The largest absolute Gasteiger partial charge is 0.465 e. The molecule has 0 aromatic carbocycles. The molecule has 7 nitrogen and oxygen atoms in total. The number of hydrogen-bond donors (Lipinski definition) is 1. The molecule has 0 spiro atoms. The lowest BCUT2D eigenvalue weighted by Gasteiger charge is -2.35. The van der Waals surface area contributed by atoms with E-state index in [1.165, 1.54) is 4.90 Å². The number of likely N-dealkylation sites (tertiary alicyclic amines) is 1. The van der Waals surface area contributed by atoms with E-state index in [1.54, 1.807) is 0 Å². The zero-order valence-electron chi connectivity index (χ0n) is 9.42. The highest BCUT2D eigenvalue weighted by atomic mass is 32.2. The Morgan fingerprint density at radius 3 is 2.41 bits per heavy atom. The van der Waals surface area contributed by atoms with Crippen molar-refractivity contribution >= 4 is 16.2 Å². The maximum Gasteiger partial charge on any atom is 0.407 e. The van der Waals surface area contributed by atoms with Crippen LogP contribution in [0.3, 0.4) is 0 Å². The van der Waals surface area contributed by atoms with E-state index in [2.05, 4.69) is 4.18 Å². The third kappa shape index (κ3) is 3.87. The molecule has 96 valence electrons. The molecule has 1 N–H and O–H groups in total. The Morgan fingerprint density at radius 2 is 2.06 bits per heavy atom. The van der Waals surface area contributed by atoms with Crippen molar-refractivity contribution in [3.8, 4) is 6.07 Å². The van der Waals surface area contributed by atoms with Crippen molar-refractivity contribution in [1.29, 1.82) is 5.26 Å². The minimum absolute atomic E-state index is 0.213. The van der Waals surface area contributed by atoms with Crippen LogP contribution >= 0.6 is 0 Å². The second kappa shape index (κ2) is 4.89. The summed E-state index contributed by atoms with van der Waals surface area (Å²) in [6.45, 7) is 0.224. The number of piperidine rings is 1. The molecule has 0 saturated carbocycles. The third-order valence-corrected chi connectivity index (χ3v) is 3.32. The van der Waals surface area contributed by atoms with Crippen molar-refractivity contribution in [2.45, 2.75) is 12.8 Å². The summed E-state index contributed by atoms with van der Waals surface area (Å²) in [5.41, 5.74) is -0.908. The van der Waals surface area contributed by atoms with Gasteiger partial charge in [-0.05, 0) is 12.8 Å². The quantitative estimate of drug-likeness (QED) is 0.730. The maximum absolute atomic E-state index is 10.9. The lowest BCUT2D eigenvalue weighted by molar-refractivity contribution is 0.0875. The van der Waals surface area contributed by atoms with E-state index in [4.69, 9.17) is 10.4 Å². The lowest BCUT2D eigenvalue weighted by Crippen LogP contribution is -2.44. The van der Waals surface area contributed by atoms with Crippen molar-refractivity contribution in [1.82, 2.24) is 4.90 Å². The van der Waals surface area contributed by atoms with Crippen LogP contribution in [0.1, 0.15) is 12.8 Å². The van der Waals surface area contributed by atoms with Gasteiger partial charge >= 0.3 is 6.09 Å². The summed E-state index contributed by atoms with van der Waals surface area (Å²) in [5.74, 6) is 0. The molecule has 0 aliphatic carbocycles. The van der Waals surface area contributed by atoms with Gasteiger partial charge in [0.25, 0.3) is 10.1 Å². The monoisotopic (exact) mass is 262 g/mol. The Hall–Kier alpha value is -1.33. The second-order valence-electron chi connectivity index (χ2n) is 4.13. The minimum Gasteiger partial charge on any atom is -0.465 e. The van der Waals surface area contributed by atoms with Gasteiger partial charge in [0.2, 0.25) is 0 Å². The van der Waals surface area contributed by atoms with Crippen molar-refractivity contribution in [3.63, 3.8) is 0 Å². The molecule has 1 aliphatic heterocycles. The molecule has 17 heavy (non-hydrogen) atoms. The number of amides is 1. The van der Waals surface area contributed by atoms with Crippen LogP contribution in [-0.4, -0.2) is 50.5 Å². The first-order valence-electron chi connectivity index (χ1n) is 5.01. The second-order valence-corrected chi connectivity index (χ2v) is 5.77. The SMILES string of the molecule is CS(=O)(=O)OCC1(C#N)CCN(C(=O)O)CC1. The van der Waals surface area contributed by atoms with Gasteiger partial charge in [-0.25, -0.2) is 4.79 Å². The van der Waals surface area contributed by atoms with E-state index < -0.39 is 21.6 Å². The number of rotatable bonds is 3. The average molecular weight is 262 g/mol. The fourth-order valence-corrected chi connectivity index (χ4v) is 2.07. The highest BCUT2D eigenvalue weighted by Crippen LogP contribution is 2.31. The van der Waals surface area contributed by atoms with E-state index in [-0.39, 0.29) is 32.5 Å². The van der Waals surface area contributed by atoms with Crippen LogP contribution in [-0.2, 0) is 14.3 Å². The molecule has 0 aromatic heterocycles. The van der Waals surface area contributed by atoms with Crippen LogP contribution in [0.25, 0.3) is 0 Å².